The van der Waals surface area contributed by atoms with Crippen LogP contribution in [-0.2, 0) is 51.3 Å². The van der Waals surface area contributed by atoms with Gasteiger partial charge in [0, 0.05) is 71.7 Å². The molecule has 2 amide bonds. The number of hydrogen-bond donors (Lipinski definition) is 8. The van der Waals surface area contributed by atoms with Crippen molar-refractivity contribution < 1.29 is 85.8 Å². The van der Waals surface area contributed by atoms with E-state index in [1.807, 2.05) is 0 Å². The minimum atomic E-state index is -4.53. The van der Waals surface area contributed by atoms with Crippen LogP contribution in [0.15, 0.2) is 48.2 Å². The molecule has 2 aliphatic rings. The number of carbonyl (C=O) groups excluding carboxylic acids is 2. The number of nitrogens with zero attached hydrogens (tertiary/aromatic N) is 2. The molecule has 2 aromatic carbocycles. The standard InChI is InChI=1S/C37H46N4O18S4/c1-36(2)28(8-5-9-29-37(3,4)31-25(35(46)47)19-23(34(44)45)21-27(31)41(29)13-7-15-61(51,52)53)40(12-6-14-60(48,49)50)26-20-22(32(42)38-10-16-62(54,55)56)18-24(30(26)36)33(43)39-11-17-63(57,58)59/h5,8-9,18-21H,6-7,10-17H2,1-4H3,(H7-,38,39,42,43,44,45,46,47,48,49,50,51,52,53,54,55,56,57,58,59)/p+1. The molecule has 2 aromatic rings. The fourth-order valence-electron chi connectivity index (χ4n) is 7.69. The first-order valence-corrected chi connectivity index (χ1v) is 25.2. The van der Waals surface area contributed by atoms with E-state index in [1.54, 1.807) is 44.7 Å². The van der Waals surface area contributed by atoms with Gasteiger partial charge in [-0.3, -0.25) is 27.8 Å². The third-order valence-electron chi connectivity index (χ3n) is 10.3. The van der Waals surface area contributed by atoms with Crippen molar-refractivity contribution in [2.45, 2.75) is 51.4 Å². The number of carboxylic acid groups (broad SMARTS) is 2. The number of benzene rings is 2. The van der Waals surface area contributed by atoms with E-state index in [1.165, 1.54) is 22.8 Å². The van der Waals surface area contributed by atoms with Gasteiger partial charge in [-0.2, -0.15) is 38.2 Å². The first-order valence-electron chi connectivity index (χ1n) is 18.8. The van der Waals surface area contributed by atoms with Crippen LogP contribution in [0.2, 0.25) is 0 Å². The summed E-state index contributed by atoms with van der Waals surface area (Å²) in [5.41, 5.74) is -2.15. The lowest BCUT2D eigenvalue weighted by Crippen LogP contribution is -2.32. The molecule has 0 atom stereocenters. The van der Waals surface area contributed by atoms with Gasteiger partial charge in [0.05, 0.1) is 45.1 Å². The summed E-state index contributed by atoms with van der Waals surface area (Å²) in [5, 5.41) is 24.7. The predicted molar refractivity (Wildman–Crippen MR) is 227 cm³/mol. The molecule has 4 rings (SSSR count). The van der Waals surface area contributed by atoms with Crippen molar-refractivity contribution in [1.82, 2.24) is 10.6 Å². The van der Waals surface area contributed by atoms with E-state index in [4.69, 9.17) is 4.55 Å². The summed E-state index contributed by atoms with van der Waals surface area (Å²) in [6.45, 7) is 5.18. The van der Waals surface area contributed by atoms with Gasteiger partial charge in [0.1, 0.15) is 6.54 Å². The molecule has 0 aromatic heterocycles. The van der Waals surface area contributed by atoms with E-state index in [0.29, 0.717) is 11.4 Å². The molecule has 26 heteroatoms. The third kappa shape index (κ3) is 12.6. The lowest BCUT2D eigenvalue weighted by atomic mass is 9.78. The van der Waals surface area contributed by atoms with E-state index < -0.39 is 111 Å². The van der Waals surface area contributed by atoms with Crippen molar-refractivity contribution >= 4 is 81.3 Å². The zero-order chi connectivity index (χ0) is 47.7. The molecule has 346 valence electrons. The number of fused-ring (bicyclic) bond motifs is 2. The maximum absolute atomic E-state index is 13.8. The molecule has 2 heterocycles. The summed E-state index contributed by atoms with van der Waals surface area (Å²) in [4.78, 5) is 53.4. The van der Waals surface area contributed by atoms with Crippen LogP contribution in [-0.4, -0.2) is 145 Å². The van der Waals surface area contributed by atoms with Crippen molar-refractivity contribution in [2.24, 2.45) is 0 Å². The fourth-order valence-corrected chi connectivity index (χ4v) is 9.40. The third-order valence-corrected chi connectivity index (χ3v) is 13.3. The topological polar surface area (TPSA) is 357 Å². The van der Waals surface area contributed by atoms with Crippen LogP contribution in [0, 0.1) is 0 Å². The van der Waals surface area contributed by atoms with Gasteiger partial charge in [-0.15, -0.1) is 0 Å². The lowest BCUT2D eigenvalue weighted by Gasteiger charge is -2.27. The van der Waals surface area contributed by atoms with Gasteiger partial charge in [-0.05, 0) is 44.5 Å². The molecule has 0 radical (unpaired) electrons. The Kier molecular flexibility index (Phi) is 14.9. The minimum Gasteiger partial charge on any atom is -0.478 e. The molecule has 0 unspecified atom stereocenters. The summed E-state index contributed by atoms with van der Waals surface area (Å²) in [7, 11) is -18.0. The van der Waals surface area contributed by atoms with Crippen LogP contribution in [0.5, 0.6) is 0 Å². The monoisotopic (exact) mass is 963 g/mol. The van der Waals surface area contributed by atoms with Crippen LogP contribution in [0.1, 0.15) is 93.1 Å². The number of nitrogens with one attached hydrogen (secondary N) is 2. The Morgan fingerprint density at radius 1 is 0.651 bits per heavy atom. The minimum absolute atomic E-state index is 0.140. The molecular formula is C37H47N4O18S4+. The zero-order valence-electron chi connectivity index (χ0n) is 34.2. The van der Waals surface area contributed by atoms with Gasteiger partial charge < -0.3 is 25.7 Å². The number of amides is 2. The van der Waals surface area contributed by atoms with Gasteiger partial charge in [0.15, 0.2) is 5.71 Å². The van der Waals surface area contributed by atoms with Crippen molar-refractivity contribution in [3.8, 4) is 0 Å². The van der Waals surface area contributed by atoms with E-state index in [9.17, 15) is 76.7 Å². The number of allylic oxidation sites excluding steroid dienone is 4. The van der Waals surface area contributed by atoms with Crippen molar-refractivity contribution in [3.63, 3.8) is 0 Å². The summed E-state index contributed by atoms with van der Waals surface area (Å²) in [6, 6.07) is 4.71. The zero-order valence-corrected chi connectivity index (χ0v) is 37.5. The molecule has 0 aliphatic carbocycles. The predicted octanol–water partition coefficient (Wildman–Crippen LogP) is 1.49. The first kappa shape index (κ1) is 50.6. The molecule has 0 saturated heterocycles. The van der Waals surface area contributed by atoms with Crippen LogP contribution >= 0.6 is 0 Å². The fraction of sp³-hybridized carbons (Fsp3) is 0.432. The Bertz CT molecular complexity index is 2790. The van der Waals surface area contributed by atoms with Gasteiger partial charge in [0.25, 0.3) is 52.3 Å². The molecule has 0 saturated carbocycles. The summed E-state index contributed by atoms with van der Waals surface area (Å²) in [6.07, 6.45) is 4.19. The second-order valence-electron chi connectivity index (χ2n) is 15.7. The Morgan fingerprint density at radius 2 is 1.17 bits per heavy atom. The second-order valence-corrected chi connectivity index (χ2v) is 21.9. The highest BCUT2D eigenvalue weighted by atomic mass is 32.2. The van der Waals surface area contributed by atoms with E-state index >= 15 is 0 Å². The summed E-state index contributed by atoms with van der Waals surface area (Å²) >= 11 is 0. The highest BCUT2D eigenvalue weighted by Gasteiger charge is 2.48. The average Bonchev–Trinajstić information content (AvgIpc) is 3.46. The first-order chi connectivity index (χ1) is 28.7. The van der Waals surface area contributed by atoms with Crippen LogP contribution in [0.4, 0.5) is 11.4 Å². The number of rotatable bonds is 20. The normalized spacial score (nSPS) is 16.6. The summed E-state index contributed by atoms with van der Waals surface area (Å²) < 4.78 is 131. The van der Waals surface area contributed by atoms with E-state index in [2.05, 4.69) is 10.6 Å². The van der Waals surface area contributed by atoms with Crippen molar-refractivity contribution in [1.29, 1.82) is 0 Å². The van der Waals surface area contributed by atoms with Crippen LogP contribution < -0.4 is 15.5 Å². The molecular weight excluding hydrogens is 917 g/mol. The largest absolute Gasteiger partial charge is 0.478 e. The molecule has 0 spiro atoms. The van der Waals surface area contributed by atoms with Gasteiger partial charge in [-0.1, -0.05) is 19.9 Å². The molecule has 0 fully saturated rings. The second kappa shape index (κ2) is 18.6. The number of carbonyl (C=O) groups is 4. The smallest absolute Gasteiger partial charge is 0.336 e. The van der Waals surface area contributed by atoms with E-state index in [0.717, 1.165) is 12.1 Å². The molecule has 22 nitrogen and oxygen atoms in total. The maximum Gasteiger partial charge on any atom is 0.336 e. The highest BCUT2D eigenvalue weighted by Crippen LogP contribution is 2.50. The molecule has 63 heavy (non-hydrogen) atoms. The van der Waals surface area contributed by atoms with Gasteiger partial charge >= 0.3 is 11.9 Å². The molecule has 2 aliphatic heterocycles. The van der Waals surface area contributed by atoms with Crippen molar-refractivity contribution in [2.75, 3.05) is 54.1 Å². The van der Waals surface area contributed by atoms with Crippen LogP contribution in [0.25, 0.3) is 0 Å². The molecule has 0 bridgehead atoms. The number of anilines is 1. The number of carboxylic acids is 2. The Balaban J connectivity index is 1.96. The lowest BCUT2D eigenvalue weighted by molar-refractivity contribution is -0.437. The van der Waals surface area contributed by atoms with Crippen molar-refractivity contribution in [3.05, 3.63) is 81.6 Å². The highest BCUT2D eigenvalue weighted by molar-refractivity contribution is 7.86. The SMILES string of the molecule is CC1(C)C(/C=C/C=C2/N(CCCS(=O)(=O)O)c3cc(C(=O)NCCS(=O)(=O)O)cc(C(=O)NCCS(=O)(=O)O)c3C2(C)C)=[N+](CCCS(=O)(=O)O)c2cc(C(=O)O)cc(C(=O)O)c21. The Hall–Kier alpha value is -5.09. The number of hydrogen-bond acceptors (Lipinski definition) is 13. The molecule has 8 N–H and O–H groups in total. The van der Waals surface area contributed by atoms with E-state index in [-0.39, 0.29) is 70.7 Å². The Morgan fingerprint density at radius 3 is 1.70 bits per heavy atom. The average molecular weight is 964 g/mol. The quantitative estimate of drug-likeness (QED) is 0.0688. The number of aromatic carboxylic acids is 2. The Labute approximate surface area is 363 Å². The maximum atomic E-state index is 13.8. The van der Waals surface area contributed by atoms with Crippen LogP contribution in [0.3, 0.4) is 0 Å². The summed E-state index contributed by atoms with van der Waals surface area (Å²) in [5.74, 6) is -7.87. The van der Waals surface area contributed by atoms with Gasteiger partial charge in [-0.25, -0.2) is 9.59 Å². The van der Waals surface area contributed by atoms with Gasteiger partial charge in [0.2, 0.25) is 5.69 Å².